The summed E-state index contributed by atoms with van der Waals surface area (Å²) in [5, 5.41) is 0.0476. The predicted molar refractivity (Wildman–Crippen MR) is 78.0 cm³/mol. The molecule has 0 aliphatic heterocycles. The molecule has 0 atom stereocenters. The summed E-state index contributed by atoms with van der Waals surface area (Å²) in [6.07, 6.45) is 0.116. The molecule has 0 unspecified atom stereocenters. The van der Waals surface area contributed by atoms with E-state index in [1.54, 1.807) is 24.3 Å². The van der Waals surface area contributed by atoms with E-state index in [0.717, 1.165) is 0 Å². The normalized spacial score (nSPS) is 10.5. The van der Waals surface area contributed by atoms with Crippen molar-refractivity contribution in [3.05, 3.63) is 62.8 Å². The lowest BCUT2D eigenvalue weighted by atomic mass is 10.0. The van der Waals surface area contributed by atoms with Crippen molar-refractivity contribution in [1.82, 2.24) is 0 Å². The number of nitrogen functional groups attached to an aromatic ring is 1. The molecule has 0 fully saturated rings. The first-order chi connectivity index (χ1) is 8.97. The molecule has 2 nitrogen and oxygen atoms in total. The summed E-state index contributed by atoms with van der Waals surface area (Å²) >= 11 is 8.86. The van der Waals surface area contributed by atoms with E-state index in [1.807, 2.05) is 0 Å². The van der Waals surface area contributed by atoms with Crippen LogP contribution in [0.25, 0.3) is 0 Å². The molecule has 2 aromatic rings. The number of nitrogens with two attached hydrogens (primary N) is 1. The van der Waals surface area contributed by atoms with Crippen LogP contribution in [0.2, 0.25) is 5.02 Å². The number of hydrogen-bond donors (Lipinski definition) is 1. The Morgan fingerprint density at radius 3 is 2.63 bits per heavy atom. The Morgan fingerprint density at radius 2 is 2.00 bits per heavy atom. The van der Waals surface area contributed by atoms with Gasteiger partial charge < -0.3 is 5.73 Å². The van der Waals surface area contributed by atoms with Crippen molar-refractivity contribution in [3.8, 4) is 0 Å². The van der Waals surface area contributed by atoms with Crippen LogP contribution in [-0.4, -0.2) is 5.78 Å². The zero-order valence-corrected chi connectivity index (χ0v) is 12.1. The van der Waals surface area contributed by atoms with Crippen LogP contribution >= 0.6 is 27.5 Å². The van der Waals surface area contributed by atoms with E-state index in [4.69, 9.17) is 17.3 Å². The summed E-state index contributed by atoms with van der Waals surface area (Å²) in [5.41, 5.74) is 7.33. The minimum atomic E-state index is -0.523. The lowest BCUT2D eigenvalue weighted by Crippen LogP contribution is -2.04. The third-order valence-electron chi connectivity index (χ3n) is 2.67. The fourth-order valence-electron chi connectivity index (χ4n) is 1.64. The Bertz CT molecular complexity index is 645. The number of Topliss-reactive ketones (excluding diaryl/α,β-unsaturated/α-hetero) is 1. The maximum Gasteiger partial charge on any atom is 0.167 e. The van der Waals surface area contributed by atoms with Gasteiger partial charge in [0.05, 0.1) is 5.02 Å². The number of rotatable bonds is 3. The lowest BCUT2D eigenvalue weighted by molar-refractivity contribution is 0.0993. The molecule has 0 aliphatic carbocycles. The van der Waals surface area contributed by atoms with Gasteiger partial charge in [0.1, 0.15) is 5.82 Å². The molecule has 0 aliphatic rings. The first kappa shape index (κ1) is 14.0. The number of hydrogen-bond acceptors (Lipinski definition) is 2. The summed E-state index contributed by atoms with van der Waals surface area (Å²) in [6, 6.07) is 9.30. The molecule has 0 heterocycles. The van der Waals surface area contributed by atoms with Crippen LogP contribution in [0.3, 0.4) is 0 Å². The van der Waals surface area contributed by atoms with Gasteiger partial charge in [0.15, 0.2) is 5.78 Å². The quantitative estimate of drug-likeness (QED) is 0.669. The Hall–Kier alpha value is -1.39. The molecule has 0 saturated heterocycles. The minimum absolute atomic E-state index is 0.0476. The summed E-state index contributed by atoms with van der Waals surface area (Å²) in [6.45, 7) is 0. The van der Waals surface area contributed by atoms with Gasteiger partial charge in [-0.3, -0.25) is 4.79 Å². The maximum absolute atomic E-state index is 13.3. The van der Waals surface area contributed by atoms with Crippen LogP contribution in [0.15, 0.2) is 40.9 Å². The van der Waals surface area contributed by atoms with Crippen LogP contribution in [-0.2, 0) is 6.42 Å². The van der Waals surface area contributed by atoms with E-state index >= 15 is 0 Å². The minimum Gasteiger partial charge on any atom is -0.398 e. The van der Waals surface area contributed by atoms with Gasteiger partial charge in [-0.25, -0.2) is 4.39 Å². The van der Waals surface area contributed by atoms with Crippen LogP contribution < -0.4 is 5.73 Å². The molecule has 0 saturated carbocycles. The first-order valence-corrected chi connectivity index (χ1v) is 6.66. The standard InChI is InChI=1S/C14H10BrClFNO/c15-10-7-9(2-4-13(10)18)14(19)6-8-1-3-11(16)12(17)5-8/h1-5,7H,6,18H2. The summed E-state index contributed by atoms with van der Waals surface area (Å²) in [5.74, 6) is -0.632. The monoisotopic (exact) mass is 341 g/mol. The van der Waals surface area contributed by atoms with Gasteiger partial charge in [-0.1, -0.05) is 17.7 Å². The number of carbonyl (C=O) groups excluding carboxylic acids is 1. The fourth-order valence-corrected chi connectivity index (χ4v) is 2.13. The Morgan fingerprint density at radius 1 is 1.26 bits per heavy atom. The van der Waals surface area contributed by atoms with E-state index in [2.05, 4.69) is 15.9 Å². The molecule has 98 valence electrons. The van der Waals surface area contributed by atoms with Gasteiger partial charge in [0.2, 0.25) is 0 Å². The second-order valence-corrected chi connectivity index (χ2v) is 5.35. The molecule has 19 heavy (non-hydrogen) atoms. The Kier molecular flexibility index (Phi) is 4.22. The number of anilines is 1. The highest BCUT2D eigenvalue weighted by molar-refractivity contribution is 9.10. The molecular weight excluding hydrogens is 333 g/mol. The van der Waals surface area contributed by atoms with Gasteiger partial charge in [0, 0.05) is 22.1 Å². The van der Waals surface area contributed by atoms with Crippen molar-refractivity contribution >= 4 is 39.0 Å². The lowest BCUT2D eigenvalue weighted by Gasteiger charge is -2.05. The summed E-state index contributed by atoms with van der Waals surface area (Å²) < 4.78 is 13.9. The largest absolute Gasteiger partial charge is 0.398 e. The van der Waals surface area contributed by atoms with Crippen molar-refractivity contribution in [1.29, 1.82) is 0 Å². The van der Waals surface area contributed by atoms with Gasteiger partial charge >= 0.3 is 0 Å². The van der Waals surface area contributed by atoms with Crippen LogP contribution in [0.4, 0.5) is 10.1 Å². The van der Waals surface area contributed by atoms with Crippen LogP contribution in [0.5, 0.6) is 0 Å². The van der Waals surface area contributed by atoms with E-state index in [1.165, 1.54) is 12.1 Å². The van der Waals surface area contributed by atoms with Crippen molar-refractivity contribution in [2.24, 2.45) is 0 Å². The Labute approximate surface area is 123 Å². The molecule has 5 heteroatoms. The average molecular weight is 343 g/mol. The fraction of sp³-hybridized carbons (Fsp3) is 0.0714. The molecule has 0 aromatic heterocycles. The predicted octanol–water partition coefficient (Wildman–Crippen LogP) is 4.25. The van der Waals surface area contributed by atoms with E-state index in [-0.39, 0.29) is 17.2 Å². The highest BCUT2D eigenvalue weighted by Gasteiger charge is 2.10. The molecule has 0 amide bonds. The average Bonchev–Trinajstić information content (AvgIpc) is 2.37. The summed E-state index contributed by atoms with van der Waals surface area (Å²) in [4.78, 5) is 12.1. The topological polar surface area (TPSA) is 43.1 Å². The highest BCUT2D eigenvalue weighted by Crippen LogP contribution is 2.22. The van der Waals surface area contributed by atoms with Crippen molar-refractivity contribution in [2.75, 3.05) is 5.73 Å². The summed E-state index contributed by atoms with van der Waals surface area (Å²) in [7, 11) is 0. The van der Waals surface area contributed by atoms with Crippen molar-refractivity contribution in [3.63, 3.8) is 0 Å². The van der Waals surface area contributed by atoms with Gasteiger partial charge in [-0.05, 0) is 51.8 Å². The zero-order chi connectivity index (χ0) is 14.0. The van der Waals surface area contributed by atoms with Crippen molar-refractivity contribution < 1.29 is 9.18 Å². The first-order valence-electron chi connectivity index (χ1n) is 5.49. The SMILES string of the molecule is Nc1ccc(C(=O)Cc2ccc(Cl)c(F)c2)cc1Br. The van der Waals surface area contributed by atoms with Gasteiger partial charge in [-0.15, -0.1) is 0 Å². The molecule has 0 spiro atoms. The van der Waals surface area contributed by atoms with Crippen LogP contribution in [0, 0.1) is 5.82 Å². The van der Waals surface area contributed by atoms with Gasteiger partial charge in [-0.2, -0.15) is 0 Å². The van der Waals surface area contributed by atoms with E-state index in [0.29, 0.717) is 21.3 Å². The molecule has 2 rings (SSSR count). The smallest absolute Gasteiger partial charge is 0.167 e. The van der Waals surface area contributed by atoms with E-state index in [9.17, 15) is 9.18 Å². The number of ketones is 1. The van der Waals surface area contributed by atoms with E-state index < -0.39 is 5.82 Å². The number of benzene rings is 2. The highest BCUT2D eigenvalue weighted by atomic mass is 79.9. The Balaban J connectivity index is 2.20. The number of carbonyl (C=O) groups is 1. The maximum atomic E-state index is 13.3. The van der Waals surface area contributed by atoms with Crippen molar-refractivity contribution in [2.45, 2.75) is 6.42 Å². The second kappa shape index (κ2) is 5.72. The van der Waals surface area contributed by atoms with Crippen LogP contribution in [0.1, 0.15) is 15.9 Å². The second-order valence-electron chi connectivity index (χ2n) is 4.08. The third kappa shape index (κ3) is 3.33. The molecule has 2 N–H and O–H groups in total. The van der Waals surface area contributed by atoms with Gasteiger partial charge in [0.25, 0.3) is 0 Å². The number of halogens is 3. The zero-order valence-electron chi connectivity index (χ0n) is 9.79. The molecule has 0 bridgehead atoms. The molecule has 2 aromatic carbocycles. The third-order valence-corrected chi connectivity index (χ3v) is 3.66. The molecule has 0 radical (unpaired) electrons. The molecular formula is C14H10BrClFNO.